The highest BCUT2D eigenvalue weighted by Gasteiger charge is 2.58. The second kappa shape index (κ2) is 2.20. The molecule has 2 bridgehead atoms. The molecule has 0 aromatic heterocycles. The molecule has 2 aliphatic heterocycles. The summed E-state index contributed by atoms with van der Waals surface area (Å²) in [6.45, 7) is -0.0264. The number of hydrogen-bond donors (Lipinski definition) is 2. The van der Waals surface area contributed by atoms with Crippen molar-refractivity contribution in [3.05, 3.63) is 0 Å². The smallest absolute Gasteiger partial charge is 0.142 e. The summed E-state index contributed by atoms with van der Waals surface area (Å²) in [7, 11) is 5.45. The largest absolute Gasteiger partial charge is 0.393 e. The molecule has 0 amide bonds. The first-order valence-electron chi connectivity index (χ1n) is 3.53. The van der Waals surface area contributed by atoms with Crippen LogP contribution in [-0.4, -0.2) is 55.1 Å². The van der Waals surface area contributed by atoms with Crippen LogP contribution in [0.4, 0.5) is 0 Å². The predicted octanol–water partition coefficient (Wildman–Crippen LogP) is -2.00. The Bertz CT molecular complexity index is 176. The molecule has 4 atom stereocenters. The Labute approximate surface area is 65.5 Å². The molecule has 0 aliphatic carbocycles. The van der Waals surface area contributed by atoms with Crippen LogP contribution in [0.3, 0.4) is 0 Å². The molecular formula is C6H9BO4. The lowest BCUT2D eigenvalue weighted by atomic mass is 9.92. The van der Waals surface area contributed by atoms with E-state index in [1.807, 2.05) is 0 Å². The Morgan fingerprint density at radius 3 is 2.64 bits per heavy atom. The zero-order valence-corrected chi connectivity index (χ0v) is 5.93. The third-order valence-electron chi connectivity index (χ3n) is 2.33. The third-order valence-corrected chi connectivity index (χ3v) is 2.33. The third kappa shape index (κ3) is 0.795. The van der Waals surface area contributed by atoms with Gasteiger partial charge in [0.05, 0.1) is 13.2 Å². The molecule has 0 spiro atoms. The highest BCUT2D eigenvalue weighted by molar-refractivity contribution is 6.11. The summed E-state index contributed by atoms with van der Waals surface area (Å²) in [5.74, 6) is 0. The van der Waals surface area contributed by atoms with E-state index in [0.717, 1.165) is 0 Å². The molecule has 0 aromatic carbocycles. The zero-order chi connectivity index (χ0) is 8.06. The molecule has 0 saturated carbocycles. The molecule has 2 radical (unpaired) electrons. The van der Waals surface area contributed by atoms with Gasteiger partial charge in [-0.2, -0.15) is 0 Å². The molecule has 2 rings (SSSR count). The van der Waals surface area contributed by atoms with E-state index < -0.39 is 23.8 Å². The average Bonchev–Trinajstić information content (AvgIpc) is 2.42. The van der Waals surface area contributed by atoms with Gasteiger partial charge in [0.15, 0.2) is 0 Å². The Kier molecular flexibility index (Phi) is 1.51. The van der Waals surface area contributed by atoms with E-state index in [1.54, 1.807) is 0 Å². The summed E-state index contributed by atoms with van der Waals surface area (Å²) >= 11 is 0. The van der Waals surface area contributed by atoms with Gasteiger partial charge in [-0.15, -0.1) is 0 Å². The van der Waals surface area contributed by atoms with E-state index in [4.69, 9.17) is 22.4 Å². The van der Waals surface area contributed by atoms with Gasteiger partial charge in [0.1, 0.15) is 25.7 Å². The summed E-state index contributed by atoms with van der Waals surface area (Å²) in [4.78, 5) is 0. The lowest BCUT2D eigenvalue weighted by molar-refractivity contribution is -0.136. The SMILES string of the molecule is [B]C1O[C@@]2(CO)CO[C@H]1C2O. The predicted molar refractivity (Wildman–Crippen MR) is 36.2 cm³/mol. The van der Waals surface area contributed by atoms with Crippen LogP contribution >= 0.6 is 0 Å². The van der Waals surface area contributed by atoms with Gasteiger partial charge < -0.3 is 19.7 Å². The van der Waals surface area contributed by atoms with E-state index in [9.17, 15) is 5.11 Å². The van der Waals surface area contributed by atoms with Gasteiger partial charge in [-0.1, -0.05) is 0 Å². The van der Waals surface area contributed by atoms with Gasteiger partial charge in [-0.05, 0) is 0 Å². The van der Waals surface area contributed by atoms with Crippen LogP contribution in [0.15, 0.2) is 0 Å². The molecule has 2 unspecified atom stereocenters. The van der Waals surface area contributed by atoms with Crippen molar-refractivity contribution in [3.63, 3.8) is 0 Å². The van der Waals surface area contributed by atoms with Gasteiger partial charge in [0.2, 0.25) is 0 Å². The minimum Gasteiger partial charge on any atom is -0.393 e. The molecule has 5 heteroatoms. The van der Waals surface area contributed by atoms with Crippen molar-refractivity contribution in [1.29, 1.82) is 0 Å². The monoisotopic (exact) mass is 156 g/mol. The molecule has 60 valence electrons. The summed E-state index contributed by atoms with van der Waals surface area (Å²) in [5, 5.41) is 18.4. The van der Waals surface area contributed by atoms with Crippen molar-refractivity contribution >= 4 is 7.85 Å². The first kappa shape index (κ1) is 7.55. The number of rotatable bonds is 1. The van der Waals surface area contributed by atoms with Gasteiger partial charge in [-0.25, -0.2) is 0 Å². The second-order valence-corrected chi connectivity index (χ2v) is 3.03. The zero-order valence-electron chi connectivity index (χ0n) is 5.93. The number of hydrogen-bond acceptors (Lipinski definition) is 4. The van der Waals surface area contributed by atoms with Crippen LogP contribution in [0.1, 0.15) is 0 Å². The van der Waals surface area contributed by atoms with Crippen molar-refractivity contribution < 1.29 is 19.7 Å². The number of ether oxygens (including phenoxy) is 2. The highest BCUT2D eigenvalue weighted by Crippen LogP contribution is 2.38. The highest BCUT2D eigenvalue weighted by atomic mass is 16.6. The van der Waals surface area contributed by atoms with Gasteiger partial charge >= 0.3 is 0 Å². The van der Waals surface area contributed by atoms with Crippen LogP contribution in [0.25, 0.3) is 0 Å². The second-order valence-electron chi connectivity index (χ2n) is 3.03. The number of fused-ring (bicyclic) bond motifs is 2. The van der Waals surface area contributed by atoms with Crippen molar-refractivity contribution in [1.82, 2.24) is 0 Å². The minimum absolute atomic E-state index is 0.225. The fraction of sp³-hybridized carbons (Fsp3) is 1.00. The van der Waals surface area contributed by atoms with Gasteiger partial charge in [0, 0.05) is 6.00 Å². The molecule has 2 fully saturated rings. The molecule has 2 heterocycles. The first-order valence-corrected chi connectivity index (χ1v) is 3.53. The Balaban J connectivity index is 2.24. The van der Waals surface area contributed by atoms with Crippen molar-refractivity contribution in [2.24, 2.45) is 0 Å². The first-order chi connectivity index (χ1) is 5.19. The van der Waals surface area contributed by atoms with Crippen molar-refractivity contribution in [3.8, 4) is 0 Å². The summed E-state index contributed by atoms with van der Waals surface area (Å²) in [5.41, 5.74) is -0.954. The standard InChI is InChI=1S/C6H9BO4/c7-5-3-4(9)6(1-8,11-5)2-10-3/h3-5,8-9H,1-2H2/t3-,4?,5?,6-/m0/s1. The molecule has 11 heavy (non-hydrogen) atoms. The fourth-order valence-electron chi connectivity index (χ4n) is 1.61. The molecular weight excluding hydrogens is 147 g/mol. The van der Waals surface area contributed by atoms with Crippen LogP contribution in [0, 0.1) is 0 Å². The van der Waals surface area contributed by atoms with E-state index in [1.165, 1.54) is 0 Å². The van der Waals surface area contributed by atoms with Crippen LogP contribution in [0.5, 0.6) is 0 Å². The molecule has 2 N–H and O–H groups in total. The van der Waals surface area contributed by atoms with E-state index >= 15 is 0 Å². The maximum atomic E-state index is 9.46. The maximum Gasteiger partial charge on any atom is 0.142 e. The van der Waals surface area contributed by atoms with E-state index in [2.05, 4.69) is 0 Å². The summed E-state index contributed by atoms with van der Waals surface area (Å²) in [6, 6.07) is -0.606. The normalized spacial score (nSPS) is 55.3. The van der Waals surface area contributed by atoms with Crippen molar-refractivity contribution in [2.45, 2.75) is 23.8 Å². The topological polar surface area (TPSA) is 58.9 Å². The van der Waals surface area contributed by atoms with Gasteiger partial charge in [-0.3, -0.25) is 0 Å². The fourth-order valence-corrected chi connectivity index (χ4v) is 1.61. The Morgan fingerprint density at radius 2 is 2.36 bits per heavy atom. The molecule has 4 nitrogen and oxygen atoms in total. The van der Waals surface area contributed by atoms with Crippen LogP contribution < -0.4 is 0 Å². The molecule has 2 saturated heterocycles. The molecule has 2 aliphatic rings. The van der Waals surface area contributed by atoms with Crippen molar-refractivity contribution in [2.75, 3.05) is 13.2 Å². The number of aliphatic hydroxyl groups excluding tert-OH is 2. The maximum absolute atomic E-state index is 9.46. The quantitative estimate of drug-likeness (QED) is 0.431. The lowest BCUT2D eigenvalue weighted by Gasteiger charge is -2.27. The number of aliphatic hydroxyl groups is 2. The average molecular weight is 156 g/mol. The summed E-state index contributed by atoms with van der Waals surface area (Å²) in [6.07, 6.45) is -1.26. The minimum atomic E-state index is -0.954. The van der Waals surface area contributed by atoms with E-state index in [-0.39, 0.29) is 13.2 Å². The Morgan fingerprint density at radius 1 is 1.64 bits per heavy atom. The van der Waals surface area contributed by atoms with Crippen LogP contribution in [-0.2, 0) is 9.47 Å². The van der Waals surface area contributed by atoms with E-state index in [0.29, 0.717) is 0 Å². The summed E-state index contributed by atoms with van der Waals surface area (Å²) < 4.78 is 10.3. The molecule has 0 aromatic rings. The van der Waals surface area contributed by atoms with Crippen LogP contribution in [0.2, 0.25) is 0 Å². The lowest BCUT2D eigenvalue weighted by Crippen LogP contribution is -2.44. The van der Waals surface area contributed by atoms with Gasteiger partial charge in [0.25, 0.3) is 0 Å². The Hall–Kier alpha value is -0.0951.